The summed E-state index contributed by atoms with van der Waals surface area (Å²) in [6.45, 7) is 4.09. The summed E-state index contributed by atoms with van der Waals surface area (Å²) in [5.74, 6) is 0. The van der Waals surface area contributed by atoms with Crippen molar-refractivity contribution in [2.24, 2.45) is 0 Å². The highest BCUT2D eigenvalue weighted by Gasteiger charge is 2.06. The van der Waals surface area contributed by atoms with Crippen LogP contribution in [0.15, 0.2) is 18.2 Å². The van der Waals surface area contributed by atoms with Gasteiger partial charge in [0, 0.05) is 19.8 Å². The lowest BCUT2D eigenvalue weighted by atomic mass is 10.1. The second kappa shape index (κ2) is 4.82. The Labute approximate surface area is 91.1 Å². The molecule has 0 heterocycles. The third-order valence-corrected chi connectivity index (χ3v) is 2.36. The van der Waals surface area contributed by atoms with Crippen LogP contribution in [0.3, 0.4) is 0 Å². The van der Waals surface area contributed by atoms with E-state index >= 15 is 0 Å². The van der Waals surface area contributed by atoms with Gasteiger partial charge in [-0.1, -0.05) is 19.1 Å². The Morgan fingerprint density at radius 1 is 1.40 bits per heavy atom. The zero-order valence-electron chi connectivity index (χ0n) is 9.79. The molecule has 0 saturated carbocycles. The maximum Gasteiger partial charge on any atom is 0.321 e. The molecule has 0 unspecified atom stereocenters. The number of anilines is 1. The van der Waals surface area contributed by atoms with E-state index in [2.05, 4.69) is 18.3 Å². The number of urea groups is 1. The van der Waals surface area contributed by atoms with Crippen LogP contribution >= 0.6 is 0 Å². The van der Waals surface area contributed by atoms with E-state index in [1.165, 1.54) is 10.5 Å². The third-order valence-electron chi connectivity index (χ3n) is 2.36. The van der Waals surface area contributed by atoms with Crippen LogP contribution in [0.5, 0.6) is 0 Å². The zero-order chi connectivity index (χ0) is 11.4. The molecule has 0 aliphatic carbocycles. The van der Waals surface area contributed by atoms with Crippen LogP contribution in [0.4, 0.5) is 10.5 Å². The van der Waals surface area contributed by atoms with Crippen molar-refractivity contribution in [3.05, 3.63) is 29.3 Å². The maximum absolute atomic E-state index is 11.5. The van der Waals surface area contributed by atoms with E-state index in [1.807, 2.05) is 19.1 Å². The van der Waals surface area contributed by atoms with Crippen molar-refractivity contribution >= 4 is 11.7 Å². The monoisotopic (exact) mass is 206 g/mol. The van der Waals surface area contributed by atoms with Gasteiger partial charge in [-0.15, -0.1) is 0 Å². The molecular weight excluding hydrogens is 188 g/mol. The standard InChI is InChI=1S/C12H18N2O/c1-5-10-7-6-9(2)11(8-10)13-12(15)14(3)4/h6-8H,5H2,1-4H3,(H,13,15). The molecule has 2 amide bonds. The molecule has 0 radical (unpaired) electrons. The summed E-state index contributed by atoms with van der Waals surface area (Å²) in [5, 5.41) is 2.87. The van der Waals surface area contributed by atoms with Crippen LogP contribution in [0.2, 0.25) is 0 Å². The Hall–Kier alpha value is -1.51. The van der Waals surface area contributed by atoms with Gasteiger partial charge in [-0.3, -0.25) is 0 Å². The molecule has 1 N–H and O–H groups in total. The van der Waals surface area contributed by atoms with Gasteiger partial charge in [-0.2, -0.15) is 0 Å². The second-order valence-corrected chi connectivity index (χ2v) is 3.83. The Balaban J connectivity index is 2.88. The molecule has 0 aromatic heterocycles. The minimum Gasteiger partial charge on any atom is -0.331 e. The first-order valence-electron chi connectivity index (χ1n) is 5.12. The Morgan fingerprint density at radius 2 is 2.07 bits per heavy atom. The molecule has 1 aromatic rings. The number of carbonyl (C=O) groups is 1. The van der Waals surface area contributed by atoms with Gasteiger partial charge in [-0.25, -0.2) is 4.79 Å². The van der Waals surface area contributed by atoms with Crippen molar-refractivity contribution in [3.8, 4) is 0 Å². The molecule has 0 atom stereocenters. The summed E-state index contributed by atoms with van der Waals surface area (Å²) in [6, 6.07) is 6.05. The number of amides is 2. The first kappa shape index (κ1) is 11.6. The maximum atomic E-state index is 11.5. The number of hydrogen-bond donors (Lipinski definition) is 1. The lowest BCUT2D eigenvalue weighted by Crippen LogP contribution is -2.27. The highest BCUT2D eigenvalue weighted by atomic mass is 16.2. The number of nitrogens with zero attached hydrogens (tertiary/aromatic N) is 1. The van der Waals surface area contributed by atoms with Crippen LogP contribution in [0.1, 0.15) is 18.1 Å². The minimum atomic E-state index is -0.0913. The number of nitrogens with one attached hydrogen (secondary N) is 1. The lowest BCUT2D eigenvalue weighted by molar-refractivity contribution is 0.230. The summed E-state index contributed by atoms with van der Waals surface area (Å²) in [5.41, 5.74) is 3.21. The normalized spacial score (nSPS) is 9.87. The van der Waals surface area contributed by atoms with Crippen molar-refractivity contribution in [2.45, 2.75) is 20.3 Å². The molecule has 3 nitrogen and oxygen atoms in total. The van der Waals surface area contributed by atoms with Crippen LogP contribution in [-0.4, -0.2) is 25.0 Å². The fourth-order valence-corrected chi connectivity index (χ4v) is 1.25. The number of aryl methyl sites for hydroxylation is 2. The molecule has 0 fully saturated rings. The van der Waals surface area contributed by atoms with Gasteiger partial charge < -0.3 is 10.2 Å². The molecule has 0 aliphatic heterocycles. The van der Waals surface area contributed by atoms with Crippen LogP contribution in [0, 0.1) is 6.92 Å². The van der Waals surface area contributed by atoms with Gasteiger partial charge in [0.1, 0.15) is 0 Å². The average molecular weight is 206 g/mol. The van der Waals surface area contributed by atoms with Crippen molar-refractivity contribution in [1.82, 2.24) is 4.90 Å². The molecule has 3 heteroatoms. The molecule has 15 heavy (non-hydrogen) atoms. The molecule has 0 spiro atoms. The highest BCUT2D eigenvalue weighted by Crippen LogP contribution is 2.17. The average Bonchev–Trinajstić information content (AvgIpc) is 2.21. The summed E-state index contributed by atoms with van der Waals surface area (Å²) in [7, 11) is 3.46. The van der Waals surface area contributed by atoms with E-state index in [1.54, 1.807) is 14.1 Å². The minimum absolute atomic E-state index is 0.0913. The first-order chi connectivity index (χ1) is 7.04. The fraction of sp³-hybridized carbons (Fsp3) is 0.417. The SMILES string of the molecule is CCc1ccc(C)c(NC(=O)N(C)C)c1. The predicted octanol–water partition coefficient (Wildman–Crippen LogP) is 2.65. The van der Waals surface area contributed by atoms with Gasteiger partial charge in [0.05, 0.1) is 0 Å². The molecule has 0 saturated heterocycles. The van der Waals surface area contributed by atoms with Crippen molar-refractivity contribution in [3.63, 3.8) is 0 Å². The first-order valence-corrected chi connectivity index (χ1v) is 5.12. The molecule has 0 aliphatic rings. The third kappa shape index (κ3) is 2.98. The highest BCUT2D eigenvalue weighted by molar-refractivity contribution is 5.89. The number of benzene rings is 1. The lowest BCUT2D eigenvalue weighted by Gasteiger charge is -2.14. The molecule has 1 aromatic carbocycles. The Kier molecular flexibility index (Phi) is 3.72. The van der Waals surface area contributed by atoms with Gasteiger partial charge >= 0.3 is 6.03 Å². The molecule has 82 valence electrons. The van der Waals surface area contributed by atoms with E-state index in [9.17, 15) is 4.79 Å². The van der Waals surface area contributed by atoms with Gasteiger partial charge in [0.2, 0.25) is 0 Å². The topological polar surface area (TPSA) is 32.3 Å². The van der Waals surface area contributed by atoms with Crippen LogP contribution < -0.4 is 5.32 Å². The van der Waals surface area contributed by atoms with E-state index in [0.717, 1.165) is 17.7 Å². The Morgan fingerprint density at radius 3 is 2.60 bits per heavy atom. The molecule has 0 bridgehead atoms. The van der Waals surface area contributed by atoms with Crippen molar-refractivity contribution in [2.75, 3.05) is 19.4 Å². The van der Waals surface area contributed by atoms with E-state index in [-0.39, 0.29) is 6.03 Å². The molecule has 1 rings (SSSR count). The van der Waals surface area contributed by atoms with E-state index in [4.69, 9.17) is 0 Å². The largest absolute Gasteiger partial charge is 0.331 e. The van der Waals surface area contributed by atoms with Crippen LogP contribution in [0.25, 0.3) is 0 Å². The quantitative estimate of drug-likeness (QED) is 0.792. The van der Waals surface area contributed by atoms with Gasteiger partial charge in [0.15, 0.2) is 0 Å². The van der Waals surface area contributed by atoms with E-state index < -0.39 is 0 Å². The van der Waals surface area contributed by atoms with Gasteiger partial charge in [0.25, 0.3) is 0 Å². The predicted molar refractivity (Wildman–Crippen MR) is 63.3 cm³/mol. The van der Waals surface area contributed by atoms with Gasteiger partial charge in [-0.05, 0) is 30.5 Å². The number of rotatable bonds is 2. The molecular formula is C12H18N2O. The van der Waals surface area contributed by atoms with Crippen LogP contribution in [-0.2, 0) is 6.42 Å². The zero-order valence-corrected chi connectivity index (χ0v) is 9.79. The van der Waals surface area contributed by atoms with E-state index in [0.29, 0.717) is 0 Å². The summed E-state index contributed by atoms with van der Waals surface area (Å²) in [4.78, 5) is 13.0. The summed E-state index contributed by atoms with van der Waals surface area (Å²) >= 11 is 0. The fourth-order valence-electron chi connectivity index (χ4n) is 1.25. The van der Waals surface area contributed by atoms with Crippen molar-refractivity contribution < 1.29 is 4.79 Å². The number of carbonyl (C=O) groups excluding carboxylic acids is 1. The number of hydrogen-bond acceptors (Lipinski definition) is 1. The van der Waals surface area contributed by atoms with Crippen molar-refractivity contribution in [1.29, 1.82) is 0 Å². The Bertz CT molecular complexity index is 359. The summed E-state index contributed by atoms with van der Waals surface area (Å²) < 4.78 is 0. The smallest absolute Gasteiger partial charge is 0.321 e. The second-order valence-electron chi connectivity index (χ2n) is 3.83. The summed E-state index contributed by atoms with van der Waals surface area (Å²) in [6.07, 6.45) is 0.977.